The molecule has 1 saturated heterocycles. The van der Waals surface area contributed by atoms with E-state index in [9.17, 15) is 0 Å². The van der Waals surface area contributed by atoms with Crippen LogP contribution in [0.4, 0.5) is 5.82 Å². The van der Waals surface area contributed by atoms with E-state index in [1.165, 1.54) is 19.3 Å². The van der Waals surface area contributed by atoms with Crippen LogP contribution in [-0.4, -0.2) is 37.0 Å². The first-order valence-corrected chi connectivity index (χ1v) is 7.64. The molecule has 0 N–H and O–H groups in total. The summed E-state index contributed by atoms with van der Waals surface area (Å²) >= 11 is 0. The average molecular weight is 272 g/mol. The second kappa shape index (κ2) is 4.81. The molecule has 0 bridgehead atoms. The Morgan fingerprint density at radius 2 is 1.85 bits per heavy atom. The molecule has 3 heterocycles. The van der Waals surface area contributed by atoms with Crippen LogP contribution in [0, 0.1) is 0 Å². The van der Waals surface area contributed by atoms with Gasteiger partial charge in [-0.05, 0) is 31.7 Å². The van der Waals surface area contributed by atoms with Gasteiger partial charge in [0.15, 0.2) is 11.5 Å². The number of morpholine rings is 1. The van der Waals surface area contributed by atoms with Crippen molar-refractivity contribution in [1.29, 1.82) is 0 Å². The molecule has 1 saturated carbocycles. The quantitative estimate of drug-likeness (QED) is 0.761. The molecule has 2 aliphatic heterocycles. The van der Waals surface area contributed by atoms with E-state index in [1.807, 2.05) is 12.3 Å². The highest BCUT2D eigenvalue weighted by Gasteiger charge is 2.34. The van der Waals surface area contributed by atoms with E-state index in [0.29, 0.717) is 0 Å². The maximum absolute atomic E-state index is 5.43. The van der Waals surface area contributed by atoms with Crippen molar-refractivity contribution in [2.24, 2.45) is 9.98 Å². The molecule has 1 aromatic rings. The van der Waals surface area contributed by atoms with E-state index in [-0.39, 0.29) is 5.66 Å². The molecular weight excluding hydrogens is 252 g/mol. The molecular formula is C15H20N4O. The Hall–Kier alpha value is -1.49. The first-order chi connectivity index (χ1) is 9.86. The lowest BCUT2D eigenvalue weighted by Gasteiger charge is -2.28. The Bertz CT molecular complexity index is 615. The maximum atomic E-state index is 5.43. The Balaban J connectivity index is 1.77. The molecule has 0 unspecified atom stereocenters. The van der Waals surface area contributed by atoms with Gasteiger partial charge in [0, 0.05) is 19.3 Å². The van der Waals surface area contributed by atoms with Crippen LogP contribution in [0.1, 0.15) is 32.1 Å². The molecule has 106 valence electrons. The molecule has 0 amide bonds. The van der Waals surface area contributed by atoms with Crippen LogP contribution in [0.5, 0.6) is 0 Å². The third kappa shape index (κ3) is 2.00. The Kier molecular flexibility index (Phi) is 2.95. The van der Waals surface area contributed by atoms with Gasteiger partial charge in [0.2, 0.25) is 0 Å². The average Bonchev–Trinajstić information content (AvgIpc) is 2.86. The predicted octanol–water partition coefficient (Wildman–Crippen LogP) is 0.831. The Morgan fingerprint density at radius 1 is 1.05 bits per heavy atom. The number of nitrogens with zero attached hydrogens (tertiary/aromatic N) is 4. The second-order valence-electron chi connectivity index (χ2n) is 5.87. The maximum Gasteiger partial charge on any atom is 0.156 e. The summed E-state index contributed by atoms with van der Waals surface area (Å²) in [7, 11) is 0. The third-order valence-electron chi connectivity index (χ3n) is 4.50. The Morgan fingerprint density at radius 3 is 2.65 bits per heavy atom. The molecule has 0 atom stereocenters. The molecule has 5 nitrogen and oxygen atoms in total. The predicted molar refractivity (Wildman–Crippen MR) is 75.4 cm³/mol. The topological polar surface area (TPSA) is 50.1 Å². The minimum Gasteiger partial charge on any atom is -0.378 e. The summed E-state index contributed by atoms with van der Waals surface area (Å²) in [5.74, 6) is 0.997. The highest BCUT2D eigenvalue weighted by molar-refractivity contribution is 5.38. The number of aromatic nitrogens is 1. The fraction of sp³-hybridized carbons (Fsp3) is 0.667. The van der Waals surface area contributed by atoms with Gasteiger partial charge in [-0.2, -0.15) is 0 Å². The lowest BCUT2D eigenvalue weighted by Crippen LogP contribution is -2.42. The molecule has 1 aromatic heterocycles. The SMILES string of the molecule is c1cc2c(c(N3CCOCC3)n1)=NC1(CCCCC1)N=2. The zero-order chi connectivity index (χ0) is 13.4. The first-order valence-electron chi connectivity index (χ1n) is 7.64. The molecule has 4 rings (SSSR count). The van der Waals surface area contributed by atoms with E-state index in [0.717, 1.165) is 55.7 Å². The van der Waals surface area contributed by atoms with E-state index in [2.05, 4.69) is 9.88 Å². The molecule has 20 heavy (non-hydrogen) atoms. The second-order valence-corrected chi connectivity index (χ2v) is 5.87. The van der Waals surface area contributed by atoms with Crippen molar-refractivity contribution in [3.05, 3.63) is 23.0 Å². The number of rotatable bonds is 1. The van der Waals surface area contributed by atoms with Crippen molar-refractivity contribution >= 4 is 5.82 Å². The van der Waals surface area contributed by atoms with Crippen LogP contribution < -0.4 is 15.6 Å². The van der Waals surface area contributed by atoms with Gasteiger partial charge in [-0.25, -0.2) is 9.98 Å². The van der Waals surface area contributed by atoms with Gasteiger partial charge in [0.05, 0.1) is 18.6 Å². The third-order valence-corrected chi connectivity index (χ3v) is 4.50. The van der Waals surface area contributed by atoms with Gasteiger partial charge in [-0.1, -0.05) is 6.42 Å². The van der Waals surface area contributed by atoms with Crippen LogP contribution >= 0.6 is 0 Å². The summed E-state index contributed by atoms with van der Waals surface area (Å²) < 4.78 is 5.43. The van der Waals surface area contributed by atoms with Crippen LogP contribution in [0.3, 0.4) is 0 Å². The number of ether oxygens (including phenoxy) is 1. The summed E-state index contributed by atoms with van der Waals surface area (Å²) in [6, 6.07) is 2.01. The van der Waals surface area contributed by atoms with Gasteiger partial charge in [0.25, 0.3) is 0 Å². The van der Waals surface area contributed by atoms with Crippen molar-refractivity contribution in [2.45, 2.75) is 37.8 Å². The zero-order valence-corrected chi connectivity index (χ0v) is 11.7. The van der Waals surface area contributed by atoms with E-state index < -0.39 is 0 Å². The van der Waals surface area contributed by atoms with Gasteiger partial charge in [-0.3, -0.25) is 4.99 Å². The minimum atomic E-state index is -0.176. The summed E-state index contributed by atoms with van der Waals surface area (Å²) in [6.45, 7) is 3.33. The summed E-state index contributed by atoms with van der Waals surface area (Å²) in [6.07, 6.45) is 7.83. The molecule has 3 aliphatic rings. The van der Waals surface area contributed by atoms with Gasteiger partial charge in [0.1, 0.15) is 5.36 Å². The first kappa shape index (κ1) is 12.3. The number of pyridine rings is 1. The van der Waals surface area contributed by atoms with E-state index in [1.54, 1.807) is 0 Å². The lowest BCUT2D eigenvalue weighted by atomic mass is 9.90. The standard InChI is InChI=1S/C15H20N4O/c1-2-5-15(6-3-1)17-12-4-7-16-14(13(12)18-15)19-8-10-20-11-9-19/h4,7H,1-3,5-6,8-11H2. The molecule has 1 aliphatic carbocycles. The summed E-state index contributed by atoms with van der Waals surface area (Å²) in [4.78, 5) is 16.8. The van der Waals surface area contributed by atoms with Crippen LogP contribution in [0.25, 0.3) is 0 Å². The van der Waals surface area contributed by atoms with E-state index in [4.69, 9.17) is 14.7 Å². The normalized spacial score (nSPS) is 24.1. The van der Waals surface area contributed by atoms with Crippen LogP contribution in [0.15, 0.2) is 22.2 Å². The molecule has 0 radical (unpaired) electrons. The van der Waals surface area contributed by atoms with Crippen molar-refractivity contribution < 1.29 is 4.74 Å². The van der Waals surface area contributed by atoms with Gasteiger partial charge in [-0.15, -0.1) is 0 Å². The highest BCUT2D eigenvalue weighted by atomic mass is 16.5. The fourth-order valence-corrected chi connectivity index (χ4v) is 3.44. The van der Waals surface area contributed by atoms with Gasteiger partial charge < -0.3 is 9.64 Å². The van der Waals surface area contributed by atoms with Crippen molar-refractivity contribution in [2.75, 3.05) is 31.2 Å². The largest absolute Gasteiger partial charge is 0.378 e. The number of hydrogen-bond donors (Lipinski definition) is 0. The van der Waals surface area contributed by atoms with Crippen LogP contribution in [0.2, 0.25) is 0 Å². The molecule has 5 heteroatoms. The smallest absolute Gasteiger partial charge is 0.156 e. The number of hydrogen-bond acceptors (Lipinski definition) is 5. The van der Waals surface area contributed by atoms with Crippen LogP contribution in [-0.2, 0) is 4.74 Å². The fourth-order valence-electron chi connectivity index (χ4n) is 3.44. The Labute approximate surface area is 118 Å². The summed E-state index contributed by atoms with van der Waals surface area (Å²) in [5, 5.41) is 2.04. The zero-order valence-electron chi connectivity index (χ0n) is 11.7. The molecule has 1 spiro atoms. The van der Waals surface area contributed by atoms with Crippen molar-refractivity contribution in [1.82, 2.24) is 4.98 Å². The molecule has 0 aromatic carbocycles. The monoisotopic (exact) mass is 272 g/mol. The number of fused-ring (bicyclic) bond motifs is 1. The summed E-state index contributed by atoms with van der Waals surface area (Å²) in [5.41, 5.74) is -0.176. The van der Waals surface area contributed by atoms with Gasteiger partial charge >= 0.3 is 0 Å². The molecule has 2 fully saturated rings. The lowest BCUT2D eigenvalue weighted by molar-refractivity contribution is 0.122. The number of anilines is 1. The van der Waals surface area contributed by atoms with Crippen molar-refractivity contribution in [3.63, 3.8) is 0 Å². The minimum absolute atomic E-state index is 0.176. The van der Waals surface area contributed by atoms with E-state index >= 15 is 0 Å². The highest BCUT2D eigenvalue weighted by Crippen LogP contribution is 2.33. The van der Waals surface area contributed by atoms with Crippen molar-refractivity contribution in [3.8, 4) is 0 Å².